The first-order chi connectivity index (χ1) is 13.4. The topological polar surface area (TPSA) is 94.1 Å². The summed E-state index contributed by atoms with van der Waals surface area (Å²) in [5, 5.41) is 2.99. The number of hydrogen-bond acceptors (Lipinski definition) is 6. The molecule has 8 heteroatoms. The molecule has 0 spiro atoms. The van der Waals surface area contributed by atoms with Gasteiger partial charge in [0.2, 0.25) is 0 Å². The van der Waals surface area contributed by atoms with Gasteiger partial charge in [-0.1, -0.05) is 6.07 Å². The van der Waals surface area contributed by atoms with Gasteiger partial charge in [-0.2, -0.15) is 8.42 Å². The van der Waals surface area contributed by atoms with Crippen molar-refractivity contribution in [2.24, 2.45) is 4.40 Å². The van der Waals surface area contributed by atoms with E-state index in [-0.39, 0.29) is 17.3 Å². The molecule has 0 unspecified atom stereocenters. The third-order valence-electron chi connectivity index (χ3n) is 4.15. The number of rotatable bonds is 5. The van der Waals surface area contributed by atoms with E-state index in [1.54, 1.807) is 69.5 Å². The third kappa shape index (κ3) is 3.91. The molecular formula is C20H20N2O5S. The smallest absolute Gasteiger partial charge is 0.338 e. The average molecular weight is 400 g/mol. The van der Waals surface area contributed by atoms with Gasteiger partial charge in [0.1, 0.15) is 16.5 Å². The molecule has 1 aliphatic heterocycles. The summed E-state index contributed by atoms with van der Waals surface area (Å²) in [4.78, 5) is 12.0. The molecule has 146 valence electrons. The highest BCUT2D eigenvalue weighted by Gasteiger charge is 2.31. The molecule has 2 aromatic carbocycles. The zero-order valence-corrected chi connectivity index (χ0v) is 16.5. The van der Waals surface area contributed by atoms with Crippen LogP contribution in [0.5, 0.6) is 5.75 Å². The molecule has 3 rings (SSSR count). The molecule has 0 aliphatic carbocycles. The number of amidine groups is 1. The SMILES string of the molecule is CCOC(=O)c1cccc(NC2=NS(=O)(=O)C(c3ccc(OC)cc3)=C2C)c1. The van der Waals surface area contributed by atoms with Crippen molar-refractivity contribution in [3.05, 3.63) is 65.2 Å². The largest absolute Gasteiger partial charge is 0.497 e. The fourth-order valence-electron chi connectivity index (χ4n) is 2.83. The Hall–Kier alpha value is -3.13. The molecule has 7 nitrogen and oxygen atoms in total. The third-order valence-corrected chi connectivity index (χ3v) is 5.63. The van der Waals surface area contributed by atoms with E-state index >= 15 is 0 Å². The Balaban J connectivity index is 1.92. The van der Waals surface area contributed by atoms with Crippen molar-refractivity contribution in [3.8, 4) is 5.75 Å². The van der Waals surface area contributed by atoms with Gasteiger partial charge in [0.25, 0.3) is 10.0 Å². The van der Waals surface area contributed by atoms with Crippen LogP contribution in [0.4, 0.5) is 5.69 Å². The number of carbonyl (C=O) groups is 1. The number of hydrogen-bond donors (Lipinski definition) is 1. The minimum absolute atomic E-state index is 0.138. The van der Waals surface area contributed by atoms with Crippen LogP contribution < -0.4 is 10.1 Å². The van der Waals surface area contributed by atoms with Crippen molar-refractivity contribution >= 4 is 32.4 Å². The van der Waals surface area contributed by atoms with Crippen molar-refractivity contribution in [1.82, 2.24) is 0 Å². The molecule has 1 aliphatic rings. The molecule has 1 N–H and O–H groups in total. The number of benzene rings is 2. The Kier molecular flexibility index (Phi) is 5.51. The van der Waals surface area contributed by atoms with Crippen LogP contribution in [0, 0.1) is 0 Å². The predicted molar refractivity (Wildman–Crippen MR) is 108 cm³/mol. The van der Waals surface area contributed by atoms with Gasteiger partial charge in [-0.3, -0.25) is 0 Å². The summed E-state index contributed by atoms with van der Waals surface area (Å²) < 4.78 is 39.2. The fraction of sp³-hybridized carbons (Fsp3) is 0.200. The quantitative estimate of drug-likeness (QED) is 0.773. The summed E-state index contributed by atoms with van der Waals surface area (Å²) in [6, 6.07) is 13.4. The van der Waals surface area contributed by atoms with E-state index in [0.29, 0.717) is 28.1 Å². The van der Waals surface area contributed by atoms with Gasteiger partial charge in [-0.15, -0.1) is 4.40 Å². The van der Waals surface area contributed by atoms with Crippen LogP contribution >= 0.6 is 0 Å². The van der Waals surface area contributed by atoms with Gasteiger partial charge in [0.15, 0.2) is 0 Å². The molecular weight excluding hydrogens is 380 g/mol. The molecule has 1 heterocycles. The molecule has 0 aromatic heterocycles. The Labute approximate surface area is 163 Å². The lowest BCUT2D eigenvalue weighted by Crippen LogP contribution is -2.12. The van der Waals surface area contributed by atoms with Gasteiger partial charge in [-0.25, -0.2) is 4.79 Å². The number of sulfonamides is 1. The highest BCUT2D eigenvalue weighted by molar-refractivity contribution is 8.00. The molecule has 0 radical (unpaired) electrons. The second kappa shape index (κ2) is 7.85. The zero-order valence-electron chi connectivity index (χ0n) is 15.7. The van der Waals surface area contributed by atoms with Crippen molar-refractivity contribution < 1.29 is 22.7 Å². The highest BCUT2D eigenvalue weighted by atomic mass is 32.2. The standard InChI is InChI=1S/C20H20N2O5S/c1-4-27-20(23)15-6-5-7-16(12-15)21-19-13(2)18(28(24,25)22-19)14-8-10-17(26-3)11-9-14/h5-12H,4H2,1-3H3,(H,21,22). The first kappa shape index (κ1) is 19.6. The summed E-state index contributed by atoms with van der Waals surface area (Å²) in [7, 11) is -2.30. The fourth-order valence-corrected chi connectivity index (χ4v) is 4.27. The normalized spacial score (nSPS) is 15.2. The summed E-state index contributed by atoms with van der Waals surface area (Å²) in [6.45, 7) is 3.69. The van der Waals surface area contributed by atoms with Crippen LogP contribution in [-0.4, -0.2) is 33.9 Å². The lowest BCUT2D eigenvalue weighted by molar-refractivity contribution is 0.0526. The molecule has 28 heavy (non-hydrogen) atoms. The second-order valence-electron chi connectivity index (χ2n) is 6.02. The number of esters is 1. The van der Waals surface area contributed by atoms with Crippen LogP contribution in [0.25, 0.3) is 4.91 Å². The Bertz CT molecular complexity index is 1070. The molecule has 0 bridgehead atoms. The van der Waals surface area contributed by atoms with E-state index < -0.39 is 16.0 Å². The Morgan fingerprint density at radius 3 is 2.50 bits per heavy atom. The number of ether oxygens (including phenoxy) is 2. The molecule has 0 amide bonds. The maximum absolute atomic E-state index is 12.6. The monoisotopic (exact) mass is 400 g/mol. The number of nitrogens with one attached hydrogen (secondary N) is 1. The van der Waals surface area contributed by atoms with Crippen LogP contribution in [0.1, 0.15) is 29.8 Å². The second-order valence-corrected chi connectivity index (χ2v) is 7.56. The van der Waals surface area contributed by atoms with Gasteiger partial charge < -0.3 is 14.8 Å². The lowest BCUT2D eigenvalue weighted by atomic mass is 10.1. The molecule has 0 atom stereocenters. The maximum Gasteiger partial charge on any atom is 0.338 e. The molecule has 2 aromatic rings. The van der Waals surface area contributed by atoms with Crippen LogP contribution in [0.2, 0.25) is 0 Å². The van der Waals surface area contributed by atoms with E-state index in [1.807, 2.05) is 0 Å². The van der Waals surface area contributed by atoms with Crippen molar-refractivity contribution in [2.45, 2.75) is 13.8 Å². The van der Waals surface area contributed by atoms with Gasteiger partial charge in [0, 0.05) is 11.3 Å². The van der Waals surface area contributed by atoms with Crippen molar-refractivity contribution in [2.75, 3.05) is 19.0 Å². The molecule has 0 fully saturated rings. The van der Waals surface area contributed by atoms with Crippen molar-refractivity contribution in [1.29, 1.82) is 0 Å². The van der Waals surface area contributed by atoms with E-state index in [9.17, 15) is 13.2 Å². The average Bonchev–Trinajstić information content (AvgIpc) is 2.90. The number of carbonyl (C=O) groups excluding carboxylic acids is 1. The Morgan fingerprint density at radius 1 is 1.14 bits per heavy atom. The first-order valence-electron chi connectivity index (χ1n) is 8.60. The zero-order chi connectivity index (χ0) is 20.3. The number of methoxy groups -OCH3 is 1. The van der Waals surface area contributed by atoms with Gasteiger partial charge >= 0.3 is 5.97 Å². The van der Waals surface area contributed by atoms with E-state index in [4.69, 9.17) is 9.47 Å². The first-order valence-corrected chi connectivity index (χ1v) is 10.0. The van der Waals surface area contributed by atoms with Crippen LogP contribution in [-0.2, 0) is 14.8 Å². The summed E-state index contributed by atoms with van der Waals surface area (Å²) in [6.07, 6.45) is 0. The van der Waals surface area contributed by atoms with Gasteiger partial charge in [-0.05, 0) is 61.9 Å². The van der Waals surface area contributed by atoms with Crippen molar-refractivity contribution in [3.63, 3.8) is 0 Å². The number of nitrogens with zero attached hydrogens (tertiary/aromatic N) is 1. The van der Waals surface area contributed by atoms with E-state index in [1.165, 1.54) is 0 Å². The predicted octanol–water partition coefficient (Wildman–Crippen LogP) is 3.46. The van der Waals surface area contributed by atoms with Crippen LogP contribution in [0.3, 0.4) is 0 Å². The Morgan fingerprint density at radius 2 is 1.86 bits per heavy atom. The minimum atomic E-state index is -3.84. The summed E-state index contributed by atoms with van der Waals surface area (Å²) in [5.41, 5.74) is 1.92. The number of anilines is 1. The van der Waals surface area contributed by atoms with E-state index in [2.05, 4.69) is 9.71 Å². The van der Waals surface area contributed by atoms with Gasteiger partial charge in [0.05, 0.1) is 19.3 Å². The van der Waals surface area contributed by atoms with Crippen LogP contribution in [0.15, 0.2) is 58.5 Å². The molecule has 0 saturated carbocycles. The molecule has 0 saturated heterocycles. The van der Waals surface area contributed by atoms with E-state index in [0.717, 1.165) is 0 Å². The lowest BCUT2D eigenvalue weighted by Gasteiger charge is -2.09. The summed E-state index contributed by atoms with van der Waals surface area (Å²) in [5.74, 6) is 0.401. The maximum atomic E-state index is 12.6. The minimum Gasteiger partial charge on any atom is -0.497 e. The highest BCUT2D eigenvalue weighted by Crippen LogP contribution is 2.33. The summed E-state index contributed by atoms with van der Waals surface area (Å²) >= 11 is 0.